The van der Waals surface area contributed by atoms with Crippen LogP contribution in [-0.2, 0) is 15.7 Å². The van der Waals surface area contributed by atoms with E-state index in [0.717, 1.165) is 12.1 Å². The molecule has 4 rings (SSSR count). The summed E-state index contributed by atoms with van der Waals surface area (Å²) >= 11 is 0. The Balaban J connectivity index is 1.57. The van der Waals surface area contributed by atoms with Gasteiger partial charge >= 0.3 is 12.3 Å². The lowest BCUT2D eigenvalue weighted by Gasteiger charge is -2.48. The van der Waals surface area contributed by atoms with E-state index in [1.54, 1.807) is 4.90 Å². The quantitative estimate of drug-likeness (QED) is 0.607. The number of nitrogens with one attached hydrogen (secondary N) is 3. The molecular weight excluding hydrogens is 453 g/mol. The number of likely N-dealkylation sites (tertiary alicyclic amines) is 1. The summed E-state index contributed by atoms with van der Waals surface area (Å²) in [6.45, 7) is 1.31. The number of alkyl halides is 3. The summed E-state index contributed by atoms with van der Waals surface area (Å²) in [7, 11) is 1.32. The number of benzene rings is 1. The molecule has 2 amide bonds. The smallest absolute Gasteiger partial charge is 0.416 e. The number of piperidine rings is 2. The van der Waals surface area contributed by atoms with Gasteiger partial charge in [-0.3, -0.25) is 4.79 Å². The Kier molecular flexibility index (Phi) is 6.60. The minimum atomic E-state index is -4.43. The molecule has 1 aromatic rings. The standard InChI is InChI=1S/C22H27F3N6O3/c1-34-20(33)30-12-8-21(7-10-26,9-13-30)31-16-6-11-27-19(32)17(16)18(29-31)28-15-4-2-14(3-5-15)22(23,24)25/h2-5,16-18,28-29H,6-9,11-13H2,1H3,(H,27,32). The van der Waals surface area contributed by atoms with Crippen LogP contribution in [0.4, 0.5) is 23.7 Å². The number of halogens is 3. The topological polar surface area (TPSA) is 110 Å². The van der Waals surface area contributed by atoms with Crippen LogP contribution < -0.4 is 16.1 Å². The molecule has 3 aliphatic rings. The molecule has 3 N–H and O–H groups in total. The molecule has 0 bridgehead atoms. The van der Waals surface area contributed by atoms with E-state index in [9.17, 15) is 28.0 Å². The summed E-state index contributed by atoms with van der Waals surface area (Å²) in [5.74, 6) is -0.667. The predicted molar refractivity (Wildman–Crippen MR) is 115 cm³/mol. The van der Waals surface area contributed by atoms with Crippen molar-refractivity contribution in [1.29, 1.82) is 5.26 Å². The van der Waals surface area contributed by atoms with Gasteiger partial charge in [0.1, 0.15) is 6.17 Å². The molecule has 184 valence electrons. The molecule has 3 fully saturated rings. The number of hydrazine groups is 1. The number of rotatable bonds is 4. The van der Waals surface area contributed by atoms with Crippen LogP contribution in [0, 0.1) is 17.2 Å². The fraction of sp³-hybridized carbons (Fsp3) is 0.591. The maximum atomic E-state index is 12.9. The van der Waals surface area contributed by atoms with E-state index in [-0.39, 0.29) is 18.4 Å². The lowest BCUT2D eigenvalue weighted by atomic mass is 9.81. The van der Waals surface area contributed by atoms with Crippen molar-refractivity contribution in [3.05, 3.63) is 29.8 Å². The fourth-order valence-electron chi connectivity index (χ4n) is 5.23. The van der Waals surface area contributed by atoms with Crippen LogP contribution in [0.1, 0.15) is 31.2 Å². The fourth-order valence-corrected chi connectivity index (χ4v) is 5.23. The molecule has 9 nitrogen and oxygen atoms in total. The maximum Gasteiger partial charge on any atom is 0.416 e. The number of carbonyl (C=O) groups excluding carboxylic acids is 2. The third kappa shape index (κ3) is 4.50. The Morgan fingerprint density at radius 2 is 1.97 bits per heavy atom. The maximum absolute atomic E-state index is 12.9. The number of ether oxygens (including phenoxy) is 1. The summed E-state index contributed by atoms with van der Waals surface area (Å²) in [6, 6.07) is 6.71. The largest absolute Gasteiger partial charge is 0.453 e. The number of fused-ring (bicyclic) bond motifs is 1. The van der Waals surface area contributed by atoms with E-state index in [1.807, 2.05) is 5.01 Å². The van der Waals surface area contributed by atoms with Crippen molar-refractivity contribution in [2.45, 2.75) is 49.6 Å². The van der Waals surface area contributed by atoms with Gasteiger partial charge in [-0.2, -0.15) is 18.4 Å². The highest BCUT2D eigenvalue weighted by atomic mass is 19.4. The highest BCUT2D eigenvalue weighted by Crippen LogP contribution is 2.40. The molecule has 3 atom stereocenters. The molecule has 3 unspecified atom stereocenters. The Morgan fingerprint density at radius 1 is 1.29 bits per heavy atom. The minimum Gasteiger partial charge on any atom is -0.453 e. The molecular formula is C22H27F3N6O3. The molecule has 0 aliphatic carbocycles. The van der Waals surface area contributed by atoms with Gasteiger partial charge in [0.15, 0.2) is 0 Å². The number of hydrogen-bond donors (Lipinski definition) is 3. The highest BCUT2D eigenvalue weighted by molar-refractivity contribution is 5.82. The van der Waals surface area contributed by atoms with E-state index < -0.39 is 35.5 Å². The van der Waals surface area contributed by atoms with E-state index in [4.69, 9.17) is 4.74 Å². The summed E-state index contributed by atoms with van der Waals surface area (Å²) in [4.78, 5) is 26.4. The summed E-state index contributed by atoms with van der Waals surface area (Å²) in [5.41, 5.74) is 2.45. The van der Waals surface area contributed by atoms with Gasteiger partial charge in [0.2, 0.25) is 5.91 Å². The Bertz CT molecular complexity index is 956. The first-order valence-corrected chi connectivity index (χ1v) is 11.2. The Hall–Kier alpha value is -3.04. The first kappa shape index (κ1) is 24.1. The molecule has 34 heavy (non-hydrogen) atoms. The zero-order valence-corrected chi connectivity index (χ0v) is 18.7. The summed E-state index contributed by atoms with van der Waals surface area (Å²) in [5, 5.41) is 17.6. The molecule has 12 heteroatoms. The van der Waals surface area contributed by atoms with Crippen LogP contribution in [0.2, 0.25) is 0 Å². The van der Waals surface area contributed by atoms with Gasteiger partial charge in [-0.05, 0) is 43.5 Å². The zero-order chi connectivity index (χ0) is 24.5. The third-order valence-corrected chi connectivity index (χ3v) is 7.01. The molecule has 0 spiro atoms. The van der Waals surface area contributed by atoms with Gasteiger partial charge in [-0.25, -0.2) is 15.2 Å². The minimum absolute atomic E-state index is 0.158. The first-order chi connectivity index (χ1) is 16.2. The van der Waals surface area contributed by atoms with Crippen molar-refractivity contribution in [3.63, 3.8) is 0 Å². The normalized spacial score (nSPS) is 26.9. The van der Waals surface area contributed by atoms with Gasteiger partial charge < -0.3 is 20.3 Å². The van der Waals surface area contributed by atoms with E-state index in [2.05, 4.69) is 22.1 Å². The number of nitrogens with zero attached hydrogens (tertiary/aromatic N) is 3. The van der Waals surface area contributed by atoms with E-state index in [0.29, 0.717) is 44.6 Å². The van der Waals surface area contributed by atoms with Gasteiger partial charge in [0.25, 0.3) is 0 Å². The van der Waals surface area contributed by atoms with Crippen molar-refractivity contribution < 1.29 is 27.5 Å². The van der Waals surface area contributed by atoms with E-state index in [1.165, 1.54) is 19.2 Å². The van der Waals surface area contributed by atoms with Crippen molar-refractivity contribution in [1.82, 2.24) is 20.7 Å². The molecule has 1 aromatic carbocycles. The second kappa shape index (κ2) is 9.31. The third-order valence-electron chi connectivity index (χ3n) is 7.01. The number of hydrogen-bond acceptors (Lipinski definition) is 7. The predicted octanol–water partition coefficient (Wildman–Crippen LogP) is 2.28. The van der Waals surface area contributed by atoms with E-state index >= 15 is 0 Å². The van der Waals surface area contributed by atoms with Gasteiger partial charge in [0, 0.05) is 31.4 Å². The SMILES string of the molecule is COC(=O)N1CCC(CC#N)(N2NC(Nc3ccc(C(F)(F)F)cc3)C3C(=O)NCCC32)CC1. The molecule has 0 saturated carbocycles. The van der Waals surface area contributed by atoms with Gasteiger partial charge in [-0.15, -0.1) is 0 Å². The monoisotopic (exact) mass is 480 g/mol. The molecule has 3 aliphatic heterocycles. The van der Waals surface area contributed by atoms with Crippen molar-refractivity contribution in [2.24, 2.45) is 5.92 Å². The zero-order valence-electron chi connectivity index (χ0n) is 18.7. The average molecular weight is 480 g/mol. The average Bonchev–Trinajstić information content (AvgIpc) is 3.19. The molecule has 0 radical (unpaired) electrons. The number of carbonyl (C=O) groups is 2. The van der Waals surface area contributed by atoms with Gasteiger partial charge in [-0.1, -0.05) is 0 Å². The van der Waals surface area contributed by atoms with Crippen LogP contribution in [-0.4, -0.2) is 66.4 Å². The van der Waals surface area contributed by atoms with Crippen LogP contribution >= 0.6 is 0 Å². The van der Waals surface area contributed by atoms with Crippen LogP contribution in [0.5, 0.6) is 0 Å². The number of anilines is 1. The van der Waals surface area contributed by atoms with Crippen LogP contribution in [0.3, 0.4) is 0 Å². The second-order valence-electron chi connectivity index (χ2n) is 8.89. The van der Waals surface area contributed by atoms with Crippen molar-refractivity contribution >= 4 is 17.7 Å². The molecule has 0 aromatic heterocycles. The Labute approximate surface area is 195 Å². The van der Waals surface area contributed by atoms with Crippen LogP contribution in [0.15, 0.2) is 24.3 Å². The van der Waals surface area contributed by atoms with Gasteiger partial charge in [0.05, 0.1) is 36.6 Å². The highest BCUT2D eigenvalue weighted by Gasteiger charge is 2.55. The second-order valence-corrected chi connectivity index (χ2v) is 8.89. The Morgan fingerprint density at radius 3 is 2.56 bits per heavy atom. The number of methoxy groups -OCH3 is 1. The number of amides is 2. The van der Waals surface area contributed by atoms with Crippen molar-refractivity contribution in [3.8, 4) is 6.07 Å². The van der Waals surface area contributed by atoms with Crippen LogP contribution in [0.25, 0.3) is 0 Å². The molecule has 3 heterocycles. The lowest BCUT2D eigenvalue weighted by Crippen LogP contribution is -2.62. The number of nitriles is 1. The summed E-state index contributed by atoms with van der Waals surface area (Å²) < 4.78 is 43.6. The lowest BCUT2D eigenvalue weighted by molar-refractivity contribution is -0.137. The molecule has 3 saturated heterocycles. The first-order valence-electron chi connectivity index (χ1n) is 11.2. The van der Waals surface area contributed by atoms with Crippen molar-refractivity contribution in [2.75, 3.05) is 32.1 Å². The summed E-state index contributed by atoms with van der Waals surface area (Å²) in [6.07, 6.45) is -3.54.